The molecule has 0 saturated heterocycles. The number of ether oxygens (including phenoxy) is 3. The maximum atomic E-state index is 5.72. The first-order chi connectivity index (χ1) is 9.40. The van der Waals surface area contributed by atoms with Crippen LogP contribution in [0.15, 0.2) is 18.5 Å². The number of hydrogen-bond donors (Lipinski definition) is 1. The maximum absolute atomic E-state index is 5.72. The molecule has 5 nitrogen and oxygen atoms in total. The van der Waals surface area contributed by atoms with Crippen molar-refractivity contribution >= 4 is 0 Å². The van der Waals surface area contributed by atoms with Crippen LogP contribution in [0, 0.1) is 0 Å². The lowest BCUT2D eigenvalue weighted by molar-refractivity contribution is 0.0542. The van der Waals surface area contributed by atoms with Crippen LogP contribution in [0.1, 0.15) is 18.4 Å². The van der Waals surface area contributed by atoms with E-state index in [9.17, 15) is 0 Å². The Kier molecular flexibility index (Phi) is 6.07. The molecule has 19 heavy (non-hydrogen) atoms. The molecule has 2 rings (SSSR count). The van der Waals surface area contributed by atoms with Crippen LogP contribution in [0.3, 0.4) is 0 Å². The SMILES string of the molecule is COCCOCCOc1ccncc1CNC1CC1. The molecule has 1 N–H and O–H groups in total. The summed E-state index contributed by atoms with van der Waals surface area (Å²) < 4.78 is 16.0. The van der Waals surface area contributed by atoms with E-state index in [1.807, 2.05) is 12.3 Å². The van der Waals surface area contributed by atoms with E-state index in [1.54, 1.807) is 13.3 Å². The van der Waals surface area contributed by atoms with Crippen LogP contribution in [0.5, 0.6) is 5.75 Å². The maximum Gasteiger partial charge on any atom is 0.126 e. The van der Waals surface area contributed by atoms with Gasteiger partial charge in [0.05, 0.1) is 19.8 Å². The molecule has 1 aliphatic carbocycles. The fraction of sp³-hybridized carbons (Fsp3) is 0.643. The van der Waals surface area contributed by atoms with E-state index in [1.165, 1.54) is 12.8 Å². The van der Waals surface area contributed by atoms with Crippen molar-refractivity contribution in [3.8, 4) is 5.75 Å². The van der Waals surface area contributed by atoms with Crippen molar-refractivity contribution in [3.05, 3.63) is 24.0 Å². The van der Waals surface area contributed by atoms with Crippen LogP contribution in [-0.2, 0) is 16.0 Å². The van der Waals surface area contributed by atoms with Gasteiger partial charge in [-0.1, -0.05) is 0 Å². The van der Waals surface area contributed by atoms with Crippen LogP contribution < -0.4 is 10.1 Å². The molecule has 0 unspecified atom stereocenters. The number of rotatable bonds is 10. The highest BCUT2D eigenvalue weighted by molar-refractivity contribution is 5.30. The average molecular weight is 266 g/mol. The highest BCUT2D eigenvalue weighted by Gasteiger charge is 2.20. The third-order valence-corrected chi connectivity index (χ3v) is 2.93. The Labute approximate surface area is 114 Å². The molecular formula is C14H22N2O3. The highest BCUT2D eigenvalue weighted by atomic mass is 16.5. The third kappa shape index (κ3) is 5.55. The molecule has 0 radical (unpaired) electrons. The first kappa shape index (κ1) is 14.2. The molecule has 0 amide bonds. The van der Waals surface area contributed by atoms with Gasteiger partial charge in [0.25, 0.3) is 0 Å². The van der Waals surface area contributed by atoms with Crippen molar-refractivity contribution in [2.75, 3.05) is 33.5 Å². The quantitative estimate of drug-likeness (QED) is 0.648. The molecule has 1 aromatic heterocycles. The van der Waals surface area contributed by atoms with E-state index in [2.05, 4.69) is 10.3 Å². The monoisotopic (exact) mass is 266 g/mol. The molecule has 0 spiro atoms. The van der Waals surface area contributed by atoms with E-state index in [4.69, 9.17) is 14.2 Å². The Hall–Kier alpha value is -1.17. The van der Waals surface area contributed by atoms with Gasteiger partial charge in [0.15, 0.2) is 0 Å². The topological polar surface area (TPSA) is 52.6 Å². The molecule has 1 aromatic rings. The molecule has 0 atom stereocenters. The minimum atomic E-state index is 0.546. The fourth-order valence-corrected chi connectivity index (χ4v) is 1.68. The van der Waals surface area contributed by atoms with E-state index in [0.29, 0.717) is 32.5 Å². The van der Waals surface area contributed by atoms with Crippen LogP contribution in [-0.4, -0.2) is 44.6 Å². The highest BCUT2D eigenvalue weighted by Crippen LogP contribution is 2.21. The molecule has 0 aromatic carbocycles. The second kappa shape index (κ2) is 8.09. The van der Waals surface area contributed by atoms with Crippen LogP contribution in [0.4, 0.5) is 0 Å². The molecule has 106 valence electrons. The van der Waals surface area contributed by atoms with Crippen molar-refractivity contribution in [1.29, 1.82) is 0 Å². The summed E-state index contributed by atoms with van der Waals surface area (Å²) in [7, 11) is 1.66. The van der Waals surface area contributed by atoms with Gasteiger partial charge in [-0.15, -0.1) is 0 Å². The molecule has 0 bridgehead atoms. The second-order valence-electron chi connectivity index (χ2n) is 4.59. The Bertz CT molecular complexity index is 369. The van der Waals surface area contributed by atoms with Crippen LogP contribution >= 0.6 is 0 Å². The van der Waals surface area contributed by atoms with Crippen LogP contribution in [0.2, 0.25) is 0 Å². The normalized spacial score (nSPS) is 14.6. The average Bonchev–Trinajstić information content (AvgIpc) is 3.25. The van der Waals surface area contributed by atoms with Crippen molar-refractivity contribution in [3.63, 3.8) is 0 Å². The van der Waals surface area contributed by atoms with Crippen molar-refractivity contribution < 1.29 is 14.2 Å². The number of nitrogens with one attached hydrogen (secondary N) is 1. The lowest BCUT2D eigenvalue weighted by atomic mass is 10.2. The van der Waals surface area contributed by atoms with Gasteiger partial charge in [-0.05, 0) is 18.9 Å². The van der Waals surface area contributed by atoms with E-state index >= 15 is 0 Å². The Morgan fingerprint density at radius 2 is 2.11 bits per heavy atom. The van der Waals surface area contributed by atoms with Crippen molar-refractivity contribution in [1.82, 2.24) is 10.3 Å². The Morgan fingerprint density at radius 1 is 1.26 bits per heavy atom. The van der Waals surface area contributed by atoms with Gasteiger partial charge in [0.2, 0.25) is 0 Å². The number of nitrogens with zero attached hydrogens (tertiary/aromatic N) is 1. The summed E-state index contributed by atoms with van der Waals surface area (Å²) in [6, 6.07) is 2.59. The van der Waals surface area contributed by atoms with E-state index < -0.39 is 0 Å². The summed E-state index contributed by atoms with van der Waals surface area (Å²) in [5.41, 5.74) is 1.10. The number of pyridine rings is 1. The smallest absolute Gasteiger partial charge is 0.126 e. The summed E-state index contributed by atoms with van der Waals surface area (Å²) in [4.78, 5) is 4.14. The van der Waals surface area contributed by atoms with Gasteiger partial charge < -0.3 is 19.5 Å². The first-order valence-corrected chi connectivity index (χ1v) is 6.76. The van der Waals surface area contributed by atoms with Gasteiger partial charge in [-0.3, -0.25) is 4.98 Å². The zero-order valence-electron chi connectivity index (χ0n) is 11.4. The zero-order chi connectivity index (χ0) is 13.3. The molecule has 1 aliphatic rings. The molecule has 1 saturated carbocycles. The van der Waals surface area contributed by atoms with E-state index in [0.717, 1.165) is 17.9 Å². The summed E-state index contributed by atoms with van der Waals surface area (Å²) in [5, 5.41) is 3.46. The Balaban J connectivity index is 1.68. The molecule has 0 aliphatic heterocycles. The summed E-state index contributed by atoms with van der Waals surface area (Å²) in [6.07, 6.45) is 6.17. The Morgan fingerprint density at radius 3 is 2.89 bits per heavy atom. The summed E-state index contributed by atoms with van der Waals surface area (Å²) in [6.45, 7) is 3.15. The molecular weight excluding hydrogens is 244 g/mol. The number of hydrogen-bond acceptors (Lipinski definition) is 5. The second-order valence-corrected chi connectivity index (χ2v) is 4.59. The first-order valence-electron chi connectivity index (χ1n) is 6.76. The van der Waals surface area contributed by atoms with Gasteiger partial charge in [0.1, 0.15) is 12.4 Å². The third-order valence-electron chi connectivity index (χ3n) is 2.93. The lowest BCUT2D eigenvalue weighted by Gasteiger charge is -2.11. The minimum absolute atomic E-state index is 0.546. The summed E-state index contributed by atoms with van der Waals surface area (Å²) >= 11 is 0. The van der Waals surface area contributed by atoms with E-state index in [-0.39, 0.29) is 0 Å². The minimum Gasteiger partial charge on any atom is -0.491 e. The molecule has 5 heteroatoms. The van der Waals surface area contributed by atoms with Gasteiger partial charge in [-0.25, -0.2) is 0 Å². The molecule has 1 fully saturated rings. The van der Waals surface area contributed by atoms with Gasteiger partial charge in [0, 0.05) is 37.7 Å². The number of methoxy groups -OCH3 is 1. The van der Waals surface area contributed by atoms with Crippen molar-refractivity contribution in [2.24, 2.45) is 0 Å². The summed E-state index contributed by atoms with van der Waals surface area (Å²) in [5.74, 6) is 0.887. The lowest BCUT2D eigenvalue weighted by Crippen LogP contribution is -2.17. The predicted molar refractivity (Wildman–Crippen MR) is 72.3 cm³/mol. The molecule has 1 heterocycles. The number of aromatic nitrogens is 1. The fourth-order valence-electron chi connectivity index (χ4n) is 1.68. The predicted octanol–water partition coefficient (Wildman–Crippen LogP) is 1.38. The zero-order valence-corrected chi connectivity index (χ0v) is 11.4. The van der Waals surface area contributed by atoms with Crippen LogP contribution in [0.25, 0.3) is 0 Å². The van der Waals surface area contributed by atoms with Crippen molar-refractivity contribution in [2.45, 2.75) is 25.4 Å². The standard InChI is InChI=1S/C14H22N2O3/c1-17-6-7-18-8-9-19-14-4-5-15-10-12(14)11-16-13-2-3-13/h4-5,10,13,16H,2-3,6-9,11H2,1H3. The largest absolute Gasteiger partial charge is 0.491 e. The van der Waals surface area contributed by atoms with Gasteiger partial charge in [-0.2, -0.15) is 0 Å². The van der Waals surface area contributed by atoms with Gasteiger partial charge >= 0.3 is 0 Å².